The third-order valence-electron chi connectivity index (χ3n) is 19.2. The Labute approximate surface area is 574 Å². The molecule has 11 heteroatoms. The van der Waals surface area contributed by atoms with E-state index in [1.165, 1.54) is 161 Å². The molecule has 0 spiro atoms. The van der Waals surface area contributed by atoms with E-state index in [9.17, 15) is 19.5 Å². The van der Waals surface area contributed by atoms with Gasteiger partial charge in [-0.2, -0.15) is 0 Å². The van der Waals surface area contributed by atoms with Crippen molar-refractivity contribution in [2.24, 2.45) is 17.8 Å². The van der Waals surface area contributed by atoms with Crippen LogP contribution in [0.5, 0.6) is 5.75 Å². The number of hydrogen-bond donors (Lipinski definition) is 1. The zero-order valence-corrected chi connectivity index (χ0v) is 62.0. The van der Waals surface area contributed by atoms with Gasteiger partial charge in [-0.3, -0.25) is 24.2 Å². The van der Waals surface area contributed by atoms with E-state index >= 15 is 0 Å². The summed E-state index contributed by atoms with van der Waals surface area (Å²) >= 11 is 0. The normalized spacial score (nSPS) is 11.6. The molecule has 0 saturated heterocycles. The molecule has 0 fully saturated rings. The maximum absolute atomic E-state index is 12.6. The first-order chi connectivity index (χ1) is 45.6. The van der Waals surface area contributed by atoms with Gasteiger partial charge in [0, 0.05) is 39.0 Å². The number of esters is 3. The van der Waals surface area contributed by atoms with E-state index in [4.69, 9.17) is 23.7 Å². The van der Waals surface area contributed by atoms with Crippen LogP contribution in [0.1, 0.15) is 362 Å². The van der Waals surface area contributed by atoms with E-state index < -0.39 is 0 Å². The lowest BCUT2D eigenvalue weighted by Gasteiger charge is -2.23. The molecule has 0 saturated carbocycles. The lowest BCUT2D eigenvalue weighted by Crippen LogP contribution is -2.31. The van der Waals surface area contributed by atoms with Gasteiger partial charge in [0.2, 0.25) is 0 Å². The highest BCUT2D eigenvalue weighted by atomic mass is 16.5. The number of nitrogens with zero attached hydrogens (tertiary/aromatic N) is 2. The first-order valence-electron chi connectivity index (χ1n) is 39.9. The Morgan fingerprint density at radius 3 is 1.03 bits per heavy atom. The molecule has 1 aromatic carbocycles. The summed E-state index contributed by atoms with van der Waals surface area (Å²) in [5, 5.41) is 9.62. The lowest BCUT2D eigenvalue weighted by molar-refractivity contribution is -0.145. The van der Waals surface area contributed by atoms with Gasteiger partial charge in [0.15, 0.2) is 5.76 Å². The number of aliphatic hydroxyl groups is 1. The SMILES string of the molecule is C=C=C(CN(CCCCCCCCC(=O)OCCC(CCCCC)CCCCC)CCCCCCCCC(=O)OCCC(CCCCC)CCCCC)OCc1ccc(OCCN(CCCO)CCCCCCCCC(=O)OCCC(CCCCC)CCCCC)cc1. The largest absolute Gasteiger partial charge is 0.492 e. The lowest BCUT2D eigenvalue weighted by atomic mass is 9.92. The molecule has 1 rings (SSSR count). The van der Waals surface area contributed by atoms with Crippen molar-refractivity contribution in [3.05, 3.63) is 47.9 Å². The molecule has 1 N–H and O–H groups in total. The predicted molar refractivity (Wildman–Crippen MR) is 393 cm³/mol. The van der Waals surface area contributed by atoms with Crippen LogP contribution in [0.2, 0.25) is 0 Å². The molecule has 1 aromatic rings. The molecule has 0 amide bonds. The van der Waals surface area contributed by atoms with Gasteiger partial charge in [-0.15, -0.1) is 0 Å². The van der Waals surface area contributed by atoms with E-state index in [2.05, 4.69) is 75.8 Å². The van der Waals surface area contributed by atoms with Gasteiger partial charge >= 0.3 is 17.9 Å². The second kappa shape index (κ2) is 67.2. The number of aliphatic hydroxyl groups excluding tert-OH is 1. The summed E-state index contributed by atoms with van der Waals surface area (Å²) in [5.41, 5.74) is 4.20. The summed E-state index contributed by atoms with van der Waals surface area (Å²) in [6, 6.07) is 8.21. The summed E-state index contributed by atoms with van der Waals surface area (Å²) in [7, 11) is 0. The minimum absolute atomic E-state index is 0.0256. The third-order valence-corrected chi connectivity index (χ3v) is 19.2. The van der Waals surface area contributed by atoms with Crippen molar-refractivity contribution in [1.82, 2.24) is 9.80 Å². The van der Waals surface area contributed by atoms with Crippen molar-refractivity contribution in [3.8, 4) is 5.75 Å². The van der Waals surface area contributed by atoms with Crippen molar-refractivity contribution in [3.63, 3.8) is 0 Å². The number of rotatable bonds is 72. The maximum Gasteiger partial charge on any atom is 0.305 e. The Morgan fingerprint density at radius 2 is 0.699 bits per heavy atom. The molecule has 0 atom stereocenters. The Morgan fingerprint density at radius 1 is 0.376 bits per heavy atom. The highest BCUT2D eigenvalue weighted by Crippen LogP contribution is 2.25. The molecule has 0 aromatic heterocycles. The fraction of sp³-hybridized carbons (Fsp3) is 0.854. The van der Waals surface area contributed by atoms with Gasteiger partial charge in [-0.1, -0.05) is 297 Å². The Bertz CT molecular complexity index is 1770. The maximum atomic E-state index is 12.6. The zero-order chi connectivity index (χ0) is 67.6. The molecule has 0 heterocycles. The molecule has 0 unspecified atom stereocenters. The third kappa shape index (κ3) is 56.4. The van der Waals surface area contributed by atoms with Crippen LogP contribution in [0.3, 0.4) is 0 Å². The minimum atomic E-state index is -0.0273. The van der Waals surface area contributed by atoms with Gasteiger partial charge in [0.05, 0.1) is 26.4 Å². The van der Waals surface area contributed by atoms with Crippen LogP contribution < -0.4 is 4.74 Å². The fourth-order valence-electron chi connectivity index (χ4n) is 13.0. The fourth-order valence-corrected chi connectivity index (χ4v) is 13.0. The second-order valence-electron chi connectivity index (χ2n) is 27.8. The minimum Gasteiger partial charge on any atom is -0.492 e. The molecule has 11 nitrogen and oxygen atoms in total. The molecule has 93 heavy (non-hydrogen) atoms. The van der Waals surface area contributed by atoms with Crippen molar-refractivity contribution < 1.29 is 43.2 Å². The van der Waals surface area contributed by atoms with Crippen molar-refractivity contribution in [1.29, 1.82) is 0 Å². The number of unbranched alkanes of at least 4 members (excludes halogenated alkanes) is 27. The smallest absolute Gasteiger partial charge is 0.305 e. The molecule has 0 aliphatic heterocycles. The number of hydrogen-bond acceptors (Lipinski definition) is 11. The van der Waals surface area contributed by atoms with E-state index in [1.807, 2.05) is 12.1 Å². The Kier molecular flexibility index (Phi) is 63.3. The van der Waals surface area contributed by atoms with E-state index in [0.29, 0.717) is 76.6 Å². The van der Waals surface area contributed by atoms with Crippen molar-refractivity contribution >= 4 is 17.9 Å². The van der Waals surface area contributed by atoms with Gasteiger partial charge in [-0.25, -0.2) is 0 Å². The van der Waals surface area contributed by atoms with Crippen molar-refractivity contribution in [2.45, 2.75) is 363 Å². The molecular formula is C82H150N2O9. The van der Waals surface area contributed by atoms with Gasteiger partial charge in [0.1, 0.15) is 19.0 Å². The summed E-state index contributed by atoms with van der Waals surface area (Å²) in [5.74, 6) is 3.59. The van der Waals surface area contributed by atoms with Gasteiger partial charge < -0.3 is 28.8 Å². The average molecular weight is 1310 g/mol. The first kappa shape index (κ1) is 87.6. The number of benzene rings is 1. The standard InChI is InChI=1S/C82H150N2O9/c1-8-15-33-46-74(47-34-16-9-2)59-68-90-80(86)52-39-27-21-24-30-42-62-83(65-45-67-85)66-71-89-79-57-55-77(56-58-79)73-93-78(14-7)72-84(63-43-31-25-22-28-40-53-81(87)91-69-60-75(48-35-17-10-3)49-36-18-11-4)64-44-32-26-23-29-41-54-82(88)92-70-61-76(50-37-19-12-5)51-38-20-13-6/h55-58,74-76,85H,7-13,15-54,59-73H2,1-6H3. The summed E-state index contributed by atoms with van der Waals surface area (Å²) < 4.78 is 29.8. The monoisotopic (exact) mass is 1310 g/mol. The van der Waals surface area contributed by atoms with E-state index in [-0.39, 0.29) is 24.5 Å². The molecule has 0 aliphatic carbocycles. The highest BCUT2D eigenvalue weighted by Gasteiger charge is 2.16. The number of carbonyl (C=O) groups is 3. The first-order valence-corrected chi connectivity index (χ1v) is 39.9. The summed E-state index contributed by atoms with van der Waals surface area (Å²) in [4.78, 5) is 42.6. The summed E-state index contributed by atoms with van der Waals surface area (Å²) in [6.07, 6.45) is 55.6. The van der Waals surface area contributed by atoms with Crippen LogP contribution in [0.4, 0.5) is 0 Å². The van der Waals surface area contributed by atoms with E-state index in [0.717, 1.165) is 185 Å². The predicted octanol–water partition coefficient (Wildman–Crippen LogP) is 22.6. The molecule has 0 radical (unpaired) electrons. The van der Waals surface area contributed by atoms with Crippen LogP contribution in [-0.4, -0.2) is 105 Å². The second-order valence-corrected chi connectivity index (χ2v) is 27.8. The van der Waals surface area contributed by atoms with E-state index in [1.54, 1.807) is 0 Å². The van der Waals surface area contributed by atoms with Gasteiger partial charge in [0.25, 0.3) is 0 Å². The Balaban J connectivity index is 2.60. The zero-order valence-electron chi connectivity index (χ0n) is 62.0. The van der Waals surface area contributed by atoms with Gasteiger partial charge in [-0.05, 0) is 119 Å². The summed E-state index contributed by atoms with van der Waals surface area (Å²) in [6.45, 7) is 25.9. The molecule has 0 bridgehead atoms. The number of ether oxygens (including phenoxy) is 5. The molecule has 0 aliphatic rings. The molecular weight excluding hydrogens is 1160 g/mol. The quantitative estimate of drug-likeness (QED) is 0.0220. The van der Waals surface area contributed by atoms with Crippen LogP contribution >= 0.6 is 0 Å². The van der Waals surface area contributed by atoms with Crippen molar-refractivity contribution in [2.75, 3.05) is 72.3 Å². The van der Waals surface area contributed by atoms with Crippen LogP contribution in [0.15, 0.2) is 42.3 Å². The number of carbonyl (C=O) groups excluding carboxylic acids is 3. The van der Waals surface area contributed by atoms with Crippen LogP contribution in [-0.2, 0) is 39.9 Å². The topological polar surface area (TPSA) is 124 Å². The van der Waals surface area contributed by atoms with Crippen LogP contribution in [0, 0.1) is 17.8 Å². The van der Waals surface area contributed by atoms with Crippen LogP contribution in [0.25, 0.3) is 0 Å². The highest BCUT2D eigenvalue weighted by molar-refractivity contribution is 5.69. The molecule has 542 valence electrons. The Hall–Kier alpha value is -3.37. The average Bonchev–Trinajstić information content (AvgIpc) is 2.87.